The molecule has 0 N–H and O–H groups in total. The molecule has 2 aliphatic heterocycles. The van der Waals surface area contributed by atoms with E-state index in [0.29, 0.717) is 37.7 Å². The van der Waals surface area contributed by atoms with Crippen molar-refractivity contribution in [2.75, 3.05) is 37.7 Å². The number of morpholine rings is 1. The fraction of sp³-hybridized carbons (Fsp3) is 0.304. The third-order valence-corrected chi connectivity index (χ3v) is 5.10. The van der Waals surface area contributed by atoms with Crippen LogP contribution in [0.2, 0.25) is 0 Å². The van der Waals surface area contributed by atoms with Crippen molar-refractivity contribution in [2.45, 2.75) is 13.0 Å². The van der Waals surface area contributed by atoms with Gasteiger partial charge in [0.15, 0.2) is 6.10 Å². The predicted octanol–water partition coefficient (Wildman–Crippen LogP) is 2.66. The highest BCUT2D eigenvalue weighted by Crippen LogP contribution is 2.33. The molecule has 29 heavy (non-hydrogen) atoms. The molecule has 0 aliphatic carbocycles. The molecule has 2 aromatic rings. The lowest BCUT2D eigenvalue weighted by molar-refractivity contribution is -0.142. The highest BCUT2D eigenvalue weighted by atomic mass is 16.5. The summed E-state index contributed by atoms with van der Waals surface area (Å²) >= 11 is 0. The van der Waals surface area contributed by atoms with Crippen LogP contribution < -0.4 is 9.64 Å². The molecule has 0 saturated carbocycles. The van der Waals surface area contributed by atoms with Crippen molar-refractivity contribution in [1.29, 1.82) is 0 Å². The molecular formula is C23H24N2O4. The molecular weight excluding hydrogens is 368 g/mol. The van der Waals surface area contributed by atoms with Gasteiger partial charge in [-0.15, -0.1) is 0 Å². The molecule has 2 amide bonds. The Labute approximate surface area is 170 Å². The van der Waals surface area contributed by atoms with Gasteiger partial charge in [0.2, 0.25) is 0 Å². The molecule has 2 aliphatic rings. The summed E-state index contributed by atoms with van der Waals surface area (Å²) in [6.45, 7) is 4.33. The summed E-state index contributed by atoms with van der Waals surface area (Å²) in [5.41, 5.74) is 2.77. The fourth-order valence-electron chi connectivity index (χ4n) is 3.59. The van der Waals surface area contributed by atoms with Crippen molar-refractivity contribution in [3.8, 4) is 5.75 Å². The van der Waals surface area contributed by atoms with Crippen LogP contribution in [-0.4, -0.2) is 55.7 Å². The monoisotopic (exact) mass is 392 g/mol. The second kappa shape index (κ2) is 8.49. The van der Waals surface area contributed by atoms with E-state index in [1.54, 1.807) is 28.0 Å². The maximum Gasteiger partial charge on any atom is 0.265 e. The van der Waals surface area contributed by atoms with Crippen molar-refractivity contribution in [3.05, 3.63) is 65.7 Å². The molecule has 0 aromatic heterocycles. The smallest absolute Gasteiger partial charge is 0.265 e. The van der Waals surface area contributed by atoms with E-state index >= 15 is 0 Å². The van der Waals surface area contributed by atoms with E-state index in [1.165, 1.54) is 0 Å². The number of benzene rings is 2. The second-order valence-corrected chi connectivity index (χ2v) is 7.21. The first-order chi connectivity index (χ1) is 14.1. The first-order valence-corrected chi connectivity index (χ1v) is 9.80. The highest BCUT2D eigenvalue weighted by Gasteiger charge is 2.35. The first-order valence-electron chi connectivity index (χ1n) is 9.80. The predicted molar refractivity (Wildman–Crippen MR) is 111 cm³/mol. The van der Waals surface area contributed by atoms with Gasteiger partial charge in [-0.25, -0.2) is 0 Å². The largest absolute Gasteiger partial charge is 0.476 e. The summed E-state index contributed by atoms with van der Waals surface area (Å²) < 4.78 is 11.3. The Morgan fingerprint density at radius 2 is 1.86 bits per heavy atom. The maximum absolute atomic E-state index is 13.0. The Kier molecular flexibility index (Phi) is 5.62. The molecule has 0 bridgehead atoms. The zero-order valence-electron chi connectivity index (χ0n) is 16.4. The molecule has 2 heterocycles. The number of hydrogen-bond acceptors (Lipinski definition) is 4. The third kappa shape index (κ3) is 4.32. The quantitative estimate of drug-likeness (QED) is 0.754. The number of anilines is 1. The van der Waals surface area contributed by atoms with Gasteiger partial charge in [-0.3, -0.25) is 9.59 Å². The lowest BCUT2D eigenvalue weighted by Gasteiger charge is -2.37. The number of nitrogens with zero attached hydrogens (tertiary/aromatic N) is 2. The van der Waals surface area contributed by atoms with Crippen LogP contribution in [0.25, 0.3) is 6.08 Å². The first kappa shape index (κ1) is 19.2. The molecule has 1 fully saturated rings. The van der Waals surface area contributed by atoms with Crippen LogP contribution in [-0.2, 0) is 14.3 Å². The average Bonchev–Trinajstić information content (AvgIpc) is 2.77. The van der Waals surface area contributed by atoms with Crippen molar-refractivity contribution in [1.82, 2.24) is 4.90 Å². The number of amides is 2. The number of hydrogen-bond donors (Lipinski definition) is 0. The van der Waals surface area contributed by atoms with E-state index in [4.69, 9.17) is 9.47 Å². The van der Waals surface area contributed by atoms with E-state index in [0.717, 1.165) is 11.1 Å². The van der Waals surface area contributed by atoms with Crippen LogP contribution in [0.4, 0.5) is 5.69 Å². The number of para-hydroxylation sites is 2. The van der Waals surface area contributed by atoms with Gasteiger partial charge < -0.3 is 19.3 Å². The highest BCUT2D eigenvalue weighted by molar-refractivity contribution is 6.05. The molecule has 150 valence electrons. The van der Waals surface area contributed by atoms with Crippen molar-refractivity contribution >= 4 is 23.6 Å². The SMILES string of the molecule is Cc1cccc(C=CC(=O)N2CC(C(=O)N3CCOCC3)Oc3ccccc32)c1. The minimum Gasteiger partial charge on any atom is -0.476 e. The Hall–Kier alpha value is -3.12. The lowest BCUT2D eigenvalue weighted by atomic mass is 10.1. The summed E-state index contributed by atoms with van der Waals surface area (Å²) in [5, 5.41) is 0. The summed E-state index contributed by atoms with van der Waals surface area (Å²) in [6, 6.07) is 15.3. The summed E-state index contributed by atoms with van der Waals surface area (Å²) in [6.07, 6.45) is 2.62. The maximum atomic E-state index is 13.0. The van der Waals surface area contributed by atoms with Crippen LogP contribution in [0.3, 0.4) is 0 Å². The van der Waals surface area contributed by atoms with Crippen LogP contribution >= 0.6 is 0 Å². The van der Waals surface area contributed by atoms with E-state index in [1.807, 2.05) is 49.4 Å². The molecule has 0 radical (unpaired) electrons. The van der Waals surface area contributed by atoms with Crippen LogP contribution in [0, 0.1) is 6.92 Å². The number of ether oxygens (including phenoxy) is 2. The topological polar surface area (TPSA) is 59.1 Å². The van der Waals surface area contributed by atoms with Gasteiger partial charge in [0.1, 0.15) is 5.75 Å². The number of rotatable bonds is 3. The fourth-order valence-corrected chi connectivity index (χ4v) is 3.59. The van der Waals surface area contributed by atoms with Gasteiger partial charge >= 0.3 is 0 Å². The number of carbonyl (C=O) groups is 2. The minimum absolute atomic E-state index is 0.108. The van der Waals surface area contributed by atoms with Gasteiger partial charge in [0.05, 0.1) is 25.4 Å². The normalized spacial score (nSPS) is 19.0. The van der Waals surface area contributed by atoms with E-state index in [9.17, 15) is 9.59 Å². The Bertz CT molecular complexity index is 934. The van der Waals surface area contributed by atoms with Crippen molar-refractivity contribution < 1.29 is 19.1 Å². The standard InChI is InChI=1S/C23H24N2O4/c1-17-5-4-6-18(15-17)9-10-22(26)25-16-21(23(27)24-11-13-28-14-12-24)29-20-8-3-2-7-19(20)25/h2-10,15,21H,11-14,16H2,1H3. The Morgan fingerprint density at radius 1 is 1.07 bits per heavy atom. The summed E-state index contributed by atoms with van der Waals surface area (Å²) in [4.78, 5) is 29.3. The second-order valence-electron chi connectivity index (χ2n) is 7.21. The van der Waals surface area contributed by atoms with Crippen molar-refractivity contribution in [3.63, 3.8) is 0 Å². The number of aryl methyl sites for hydroxylation is 1. The van der Waals surface area contributed by atoms with Crippen molar-refractivity contribution in [2.24, 2.45) is 0 Å². The third-order valence-electron chi connectivity index (χ3n) is 5.10. The van der Waals surface area contributed by atoms with Gasteiger partial charge in [0, 0.05) is 19.2 Å². The van der Waals surface area contributed by atoms with Crippen LogP contribution in [0.15, 0.2) is 54.6 Å². The molecule has 6 nitrogen and oxygen atoms in total. The van der Waals surface area contributed by atoms with Gasteiger partial charge in [-0.1, -0.05) is 42.0 Å². The van der Waals surface area contributed by atoms with E-state index in [2.05, 4.69) is 0 Å². The zero-order chi connectivity index (χ0) is 20.2. The van der Waals surface area contributed by atoms with Crippen LogP contribution in [0.1, 0.15) is 11.1 Å². The minimum atomic E-state index is -0.723. The van der Waals surface area contributed by atoms with Gasteiger partial charge in [0.25, 0.3) is 11.8 Å². The zero-order valence-corrected chi connectivity index (χ0v) is 16.4. The van der Waals surface area contributed by atoms with E-state index in [-0.39, 0.29) is 18.4 Å². The van der Waals surface area contributed by atoms with E-state index < -0.39 is 6.10 Å². The molecule has 0 spiro atoms. The molecule has 1 atom stereocenters. The van der Waals surface area contributed by atoms with Gasteiger partial charge in [-0.2, -0.15) is 0 Å². The summed E-state index contributed by atoms with van der Waals surface area (Å²) in [5.74, 6) is 0.257. The van der Waals surface area contributed by atoms with Gasteiger partial charge in [-0.05, 0) is 30.7 Å². The number of fused-ring (bicyclic) bond motifs is 1. The lowest BCUT2D eigenvalue weighted by Crippen LogP contribution is -2.53. The molecule has 2 aromatic carbocycles. The molecule has 1 unspecified atom stereocenters. The summed E-state index contributed by atoms with van der Waals surface area (Å²) in [7, 11) is 0. The molecule has 4 rings (SSSR count). The van der Waals surface area contributed by atoms with Crippen LogP contribution in [0.5, 0.6) is 5.75 Å². The Morgan fingerprint density at radius 3 is 2.66 bits per heavy atom. The Balaban J connectivity index is 1.56. The number of carbonyl (C=O) groups excluding carboxylic acids is 2. The average molecular weight is 392 g/mol. The molecule has 1 saturated heterocycles. The molecule has 6 heteroatoms.